The van der Waals surface area contributed by atoms with E-state index in [0.29, 0.717) is 19.3 Å². The van der Waals surface area contributed by atoms with Crippen LogP contribution in [0, 0.1) is 0 Å². The van der Waals surface area contributed by atoms with E-state index < -0.39 is 12.4 Å². The van der Waals surface area contributed by atoms with Gasteiger partial charge in [0.15, 0.2) is 6.10 Å². The van der Waals surface area contributed by atoms with Crippen LogP contribution in [0.1, 0.15) is 51.5 Å². The molecule has 1 aliphatic rings. The molecule has 6 nitrogen and oxygen atoms in total. The summed E-state index contributed by atoms with van der Waals surface area (Å²) in [5, 5.41) is 1.11. The zero-order valence-corrected chi connectivity index (χ0v) is 15.9. The fraction of sp³-hybridized carbons (Fsp3) is 0.524. The number of aromatic nitrogens is 1. The number of carbonyl (C=O) groups excluding carboxylic acids is 2. The lowest BCUT2D eigenvalue weighted by atomic mass is 10.1. The van der Waals surface area contributed by atoms with Gasteiger partial charge in [0.25, 0.3) is 0 Å². The maximum atomic E-state index is 12.4. The summed E-state index contributed by atoms with van der Waals surface area (Å²) < 4.78 is 16.7. The molecule has 1 N–H and O–H groups in total. The van der Waals surface area contributed by atoms with Crippen molar-refractivity contribution in [2.75, 3.05) is 0 Å². The number of hydrogen-bond donors (Lipinski definition) is 1. The number of carbonyl (C=O) groups is 2. The molecule has 0 amide bonds. The standard InChI is InChI=1S/C21H27NO5/c1-3-6-19(23)26-18-11-9-14(2)25-21(18)27-20(24)12-10-15-13-22-17-8-5-4-7-16(15)17/h4-5,7-8,13-14,18,21-22H,3,6,9-12H2,1-2H3/t14-,18-,21-/m0/s1. The van der Waals surface area contributed by atoms with Crippen LogP contribution < -0.4 is 0 Å². The fourth-order valence-corrected chi connectivity index (χ4v) is 3.33. The van der Waals surface area contributed by atoms with Gasteiger partial charge in [0.2, 0.25) is 6.29 Å². The third-order valence-corrected chi connectivity index (χ3v) is 4.79. The Morgan fingerprint density at radius 2 is 1.93 bits per heavy atom. The number of esters is 2. The van der Waals surface area contributed by atoms with Crippen molar-refractivity contribution >= 4 is 22.8 Å². The summed E-state index contributed by atoms with van der Waals surface area (Å²) >= 11 is 0. The number of hydrogen-bond acceptors (Lipinski definition) is 5. The van der Waals surface area contributed by atoms with Crippen molar-refractivity contribution < 1.29 is 23.8 Å². The molecular formula is C21H27NO5. The number of H-pyrrole nitrogens is 1. The van der Waals surface area contributed by atoms with Gasteiger partial charge < -0.3 is 19.2 Å². The van der Waals surface area contributed by atoms with Crippen molar-refractivity contribution in [2.24, 2.45) is 0 Å². The van der Waals surface area contributed by atoms with E-state index in [-0.39, 0.29) is 24.5 Å². The van der Waals surface area contributed by atoms with E-state index in [1.807, 2.05) is 44.3 Å². The Bertz CT molecular complexity index is 784. The van der Waals surface area contributed by atoms with Gasteiger partial charge in [-0.3, -0.25) is 9.59 Å². The van der Waals surface area contributed by atoms with Gasteiger partial charge in [0, 0.05) is 29.9 Å². The molecule has 6 heteroatoms. The van der Waals surface area contributed by atoms with Crippen LogP contribution in [0.3, 0.4) is 0 Å². The molecule has 2 heterocycles. The van der Waals surface area contributed by atoms with Gasteiger partial charge in [-0.2, -0.15) is 0 Å². The van der Waals surface area contributed by atoms with Crippen molar-refractivity contribution in [1.29, 1.82) is 0 Å². The van der Waals surface area contributed by atoms with Crippen molar-refractivity contribution in [3.05, 3.63) is 36.0 Å². The zero-order chi connectivity index (χ0) is 19.2. The molecule has 0 unspecified atom stereocenters. The number of ether oxygens (including phenoxy) is 3. The first-order valence-corrected chi connectivity index (χ1v) is 9.66. The third-order valence-electron chi connectivity index (χ3n) is 4.79. The molecular weight excluding hydrogens is 346 g/mol. The summed E-state index contributed by atoms with van der Waals surface area (Å²) in [4.78, 5) is 27.4. The van der Waals surface area contributed by atoms with Crippen LogP contribution in [0.15, 0.2) is 30.5 Å². The number of fused-ring (bicyclic) bond motifs is 1. The maximum Gasteiger partial charge on any atom is 0.308 e. The monoisotopic (exact) mass is 373 g/mol. The molecule has 0 aliphatic carbocycles. The van der Waals surface area contributed by atoms with E-state index in [9.17, 15) is 9.59 Å². The predicted octanol–water partition coefficient (Wildman–Crippen LogP) is 3.88. The maximum absolute atomic E-state index is 12.4. The summed E-state index contributed by atoms with van der Waals surface area (Å²) in [5.41, 5.74) is 2.12. The molecule has 27 heavy (non-hydrogen) atoms. The Hall–Kier alpha value is -2.34. The Morgan fingerprint density at radius 3 is 2.74 bits per heavy atom. The lowest BCUT2D eigenvalue weighted by Gasteiger charge is -2.34. The van der Waals surface area contributed by atoms with Gasteiger partial charge in [-0.15, -0.1) is 0 Å². The first-order valence-electron chi connectivity index (χ1n) is 9.66. The SMILES string of the molecule is CCCC(=O)O[C@H]1CC[C@H](C)O[C@H]1OC(=O)CCc1c[nH]c2ccccc12. The Labute approximate surface area is 159 Å². The molecule has 3 atom stereocenters. The molecule has 1 aromatic heterocycles. The summed E-state index contributed by atoms with van der Waals surface area (Å²) in [6.45, 7) is 3.85. The Kier molecular flexibility index (Phi) is 6.50. The smallest absolute Gasteiger partial charge is 0.308 e. The molecule has 1 aromatic carbocycles. The number of para-hydroxylation sites is 1. The van der Waals surface area contributed by atoms with Crippen molar-refractivity contribution in [2.45, 2.75) is 70.9 Å². The van der Waals surface area contributed by atoms with Crippen LogP contribution in [0.4, 0.5) is 0 Å². The van der Waals surface area contributed by atoms with E-state index >= 15 is 0 Å². The Balaban J connectivity index is 1.56. The first-order chi connectivity index (χ1) is 13.1. The van der Waals surface area contributed by atoms with E-state index in [2.05, 4.69) is 4.98 Å². The van der Waals surface area contributed by atoms with Gasteiger partial charge in [0.05, 0.1) is 6.10 Å². The molecule has 3 rings (SSSR count). The minimum absolute atomic E-state index is 0.0301. The average molecular weight is 373 g/mol. The van der Waals surface area contributed by atoms with Crippen LogP contribution in [0.2, 0.25) is 0 Å². The van der Waals surface area contributed by atoms with Crippen LogP contribution in [-0.4, -0.2) is 35.4 Å². The molecule has 2 aromatic rings. The van der Waals surface area contributed by atoms with Crippen molar-refractivity contribution in [1.82, 2.24) is 4.98 Å². The van der Waals surface area contributed by atoms with Crippen molar-refractivity contribution in [3.63, 3.8) is 0 Å². The van der Waals surface area contributed by atoms with E-state index in [1.54, 1.807) is 0 Å². The summed E-state index contributed by atoms with van der Waals surface area (Å²) in [7, 11) is 0. The summed E-state index contributed by atoms with van der Waals surface area (Å²) in [6, 6.07) is 7.98. The molecule has 0 saturated carbocycles. The fourth-order valence-electron chi connectivity index (χ4n) is 3.33. The largest absolute Gasteiger partial charge is 0.456 e. The second-order valence-corrected chi connectivity index (χ2v) is 7.02. The van der Waals surface area contributed by atoms with Crippen molar-refractivity contribution in [3.8, 4) is 0 Å². The van der Waals surface area contributed by atoms with Gasteiger partial charge in [-0.1, -0.05) is 25.1 Å². The highest BCUT2D eigenvalue weighted by atomic mass is 16.7. The predicted molar refractivity (Wildman–Crippen MR) is 101 cm³/mol. The Morgan fingerprint density at radius 1 is 1.15 bits per heavy atom. The second kappa shape index (κ2) is 9.04. The highest BCUT2D eigenvalue weighted by Gasteiger charge is 2.35. The molecule has 1 aliphatic heterocycles. The van der Waals surface area contributed by atoms with E-state index in [0.717, 1.165) is 29.3 Å². The first kappa shape index (κ1) is 19.4. The minimum Gasteiger partial charge on any atom is -0.456 e. The summed E-state index contributed by atoms with van der Waals surface area (Å²) in [5.74, 6) is -0.628. The molecule has 0 spiro atoms. The number of benzene rings is 1. The average Bonchev–Trinajstić information content (AvgIpc) is 3.06. The lowest BCUT2D eigenvalue weighted by Crippen LogP contribution is -2.43. The van der Waals surface area contributed by atoms with Crippen LogP contribution >= 0.6 is 0 Å². The molecule has 1 fully saturated rings. The third kappa shape index (κ3) is 5.10. The zero-order valence-electron chi connectivity index (χ0n) is 15.9. The molecule has 0 radical (unpaired) electrons. The molecule has 0 bridgehead atoms. The summed E-state index contributed by atoms with van der Waals surface area (Å²) in [6.07, 6.45) is 3.83. The van der Waals surface area contributed by atoms with Gasteiger partial charge in [-0.25, -0.2) is 0 Å². The van der Waals surface area contributed by atoms with Gasteiger partial charge in [0.1, 0.15) is 0 Å². The van der Waals surface area contributed by atoms with Crippen LogP contribution in [0.5, 0.6) is 0 Å². The highest BCUT2D eigenvalue weighted by molar-refractivity contribution is 5.83. The highest BCUT2D eigenvalue weighted by Crippen LogP contribution is 2.25. The van der Waals surface area contributed by atoms with Crippen LogP contribution in [-0.2, 0) is 30.2 Å². The quantitative estimate of drug-likeness (QED) is 0.745. The van der Waals surface area contributed by atoms with Gasteiger partial charge in [-0.05, 0) is 44.2 Å². The number of aromatic amines is 1. The van der Waals surface area contributed by atoms with E-state index in [1.165, 1.54) is 0 Å². The molecule has 1 saturated heterocycles. The number of aryl methyl sites for hydroxylation is 1. The van der Waals surface area contributed by atoms with Gasteiger partial charge >= 0.3 is 11.9 Å². The topological polar surface area (TPSA) is 77.6 Å². The molecule has 146 valence electrons. The normalized spacial score (nSPS) is 22.5. The number of rotatable bonds is 7. The number of nitrogens with one attached hydrogen (secondary N) is 1. The van der Waals surface area contributed by atoms with E-state index in [4.69, 9.17) is 14.2 Å². The second-order valence-electron chi connectivity index (χ2n) is 7.02. The van der Waals surface area contributed by atoms with Crippen LogP contribution in [0.25, 0.3) is 10.9 Å². The lowest BCUT2D eigenvalue weighted by molar-refractivity contribution is -0.240. The minimum atomic E-state index is -0.829.